The number of piperidine rings is 1. The first-order chi connectivity index (χ1) is 11.3. The maximum absolute atomic E-state index is 12.4. The number of rotatable bonds is 4. The molecule has 4 heteroatoms. The first-order valence-corrected chi connectivity index (χ1v) is 8.31. The smallest absolute Gasteiger partial charge is 0.227 e. The van der Waals surface area contributed by atoms with Crippen molar-refractivity contribution in [1.82, 2.24) is 4.98 Å². The number of aryl methyl sites for hydroxylation is 1. The molecule has 0 atom stereocenters. The number of pyridine rings is 1. The van der Waals surface area contributed by atoms with Gasteiger partial charge in [0.1, 0.15) is 0 Å². The summed E-state index contributed by atoms with van der Waals surface area (Å²) in [7, 11) is 0. The quantitative estimate of drug-likeness (QED) is 0.940. The highest BCUT2D eigenvalue weighted by Crippen LogP contribution is 2.24. The molecular weight excluding hydrogens is 286 g/mol. The molecule has 0 unspecified atom stereocenters. The lowest BCUT2D eigenvalue weighted by molar-refractivity contribution is -0.120. The average Bonchev–Trinajstić information content (AvgIpc) is 2.63. The van der Waals surface area contributed by atoms with Crippen LogP contribution in [0.25, 0.3) is 0 Å². The molecule has 3 rings (SSSR count). The summed E-state index contributed by atoms with van der Waals surface area (Å²) >= 11 is 0. The topological polar surface area (TPSA) is 45.2 Å². The summed E-state index contributed by atoms with van der Waals surface area (Å²) in [6, 6.07) is 12.2. The van der Waals surface area contributed by atoms with Gasteiger partial charge in [-0.3, -0.25) is 9.78 Å². The fourth-order valence-corrected chi connectivity index (χ4v) is 3.02. The monoisotopic (exact) mass is 309 g/mol. The van der Waals surface area contributed by atoms with Crippen LogP contribution in [0.2, 0.25) is 0 Å². The zero-order valence-electron chi connectivity index (χ0n) is 13.5. The number of benzene rings is 1. The van der Waals surface area contributed by atoms with Crippen LogP contribution in [0.1, 0.15) is 25.3 Å². The summed E-state index contributed by atoms with van der Waals surface area (Å²) in [5, 5.41) is 3.05. The predicted octanol–water partition coefficient (Wildman–Crippen LogP) is 3.50. The zero-order valence-corrected chi connectivity index (χ0v) is 13.5. The van der Waals surface area contributed by atoms with Gasteiger partial charge in [-0.2, -0.15) is 0 Å². The Kier molecular flexibility index (Phi) is 4.91. The van der Waals surface area contributed by atoms with E-state index in [0.29, 0.717) is 0 Å². The van der Waals surface area contributed by atoms with Crippen LogP contribution >= 0.6 is 0 Å². The Morgan fingerprint density at radius 2 is 1.78 bits per heavy atom. The molecule has 0 radical (unpaired) electrons. The van der Waals surface area contributed by atoms with Gasteiger partial charge in [-0.1, -0.05) is 19.1 Å². The molecule has 2 heterocycles. The minimum absolute atomic E-state index is 0.0962. The van der Waals surface area contributed by atoms with E-state index >= 15 is 0 Å². The number of aromatic nitrogens is 1. The number of hydrogen-bond acceptors (Lipinski definition) is 3. The fourth-order valence-electron chi connectivity index (χ4n) is 3.02. The molecule has 0 saturated carbocycles. The molecule has 1 fully saturated rings. The number of carbonyl (C=O) groups is 1. The maximum atomic E-state index is 12.4. The normalized spacial score (nSPS) is 15.4. The van der Waals surface area contributed by atoms with E-state index in [9.17, 15) is 4.79 Å². The van der Waals surface area contributed by atoms with Crippen LogP contribution in [0.15, 0.2) is 48.8 Å². The van der Waals surface area contributed by atoms with Gasteiger partial charge in [0.2, 0.25) is 5.91 Å². The van der Waals surface area contributed by atoms with Crippen molar-refractivity contribution in [2.75, 3.05) is 23.3 Å². The minimum Gasteiger partial charge on any atom is -0.371 e. The van der Waals surface area contributed by atoms with E-state index in [2.05, 4.69) is 34.3 Å². The van der Waals surface area contributed by atoms with Gasteiger partial charge in [0.15, 0.2) is 0 Å². The molecule has 2 aromatic rings. The molecule has 1 aromatic carbocycles. The second kappa shape index (κ2) is 7.27. The molecule has 1 N–H and O–H groups in total. The molecule has 1 aliphatic rings. The summed E-state index contributed by atoms with van der Waals surface area (Å²) in [6.07, 6.45) is 6.42. The van der Waals surface area contributed by atoms with Gasteiger partial charge >= 0.3 is 0 Å². The van der Waals surface area contributed by atoms with Crippen molar-refractivity contribution in [3.63, 3.8) is 0 Å². The van der Waals surface area contributed by atoms with Crippen LogP contribution < -0.4 is 10.2 Å². The molecular formula is C19H23N3O. The Labute approximate surface area is 137 Å². The third-order valence-corrected chi connectivity index (χ3v) is 4.52. The molecule has 0 bridgehead atoms. The van der Waals surface area contributed by atoms with Crippen LogP contribution in [0.4, 0.5) is 11.4 Å². The molecule has 1 saturated heterocycles. The number of carbonyl (C=O) groups excluding carboxylic acids is 1. The van der Waals surface area contributed by atoms with Gasteiger partial charge in [-0.05, 0) is 49.1 Å². The van der Waals surface area contributed by atoms with Gasteiger partial charge in [0, 0.05) is 42.8 Å². The molecule has 120 valence electrons. The van der Waals surface area contributed by atoms with Crippen LogP contribution in [-0.2, 0) is 11.2 Å². The van der Waals surface area contributed by atoms with Gasteiger partial charge in [0.25, 0.3) is 0 Å². The highest BCUT2D eigenvalue weighted by Gasteiger charge is 2.25. The molecule has 1 amide bonds. The third-order valence-electron chi connectivity index (χ3n) is 4.52. The van der Waals surface area contributed by atoms with Crippen molar-refractivity contribution in [1.29, 1.82) is 0 Å². The number of amides is 1. The molecule has 0 aliphatic carbocycles. The van der Waals surface area contributed by atoms with E-state index < -0.39 is 0 Å². The maximum Gasteiger partial charge on any atom is 0.227 e. The fraction of sp³-hybridized carbons (Fsp3) is 0.368. The first kappa shape index (κ1) is 15.5. The number of nitrogens with zero attached hydrogens (tertiary/aromatic N) is 2. The second-order valence-corrected chi connectivity index (χ2v) is 6.01. The molecule has 0 spiro atoms. The van der Waals surface area contributed by atoms with Gasteiger partial charge < -0.3 is 10.2 Å². The summed E-state index contributed by atoms with van der Waals surface area (Å²) in [5.41, 5.74) is 3.37. The van der Waals surface area contributed by atoms with Gasteiger partial charge in [0.05, 0.1) is 0 Å². The Balaban J connectivity index is 1.53. The van der Waals surface area contributed by atoms with Crippen LogP contribution in [0, 0.1) is 5.92 Å². The highest BCUT2D eigenvalue weighted by molar-refractivity contribution is 5.92. The second-order valence-electron chi connectivity index (χ2n) is 6.01. The van der Waals surface area contributed by atoms with Crippen molar-refractivity contribution in [2.45, 2.75) is 26.2 Å². The number of anilines is 2. The Hall–Kier alpha value is -2.36. The Morgan fingerprint density at radius 3 is 2.39 bits per heavy atom. The standard InChI is InChI=1S/C19H23N3O/c1-2-15-3-5-17(6-4-15)21-19(23)16-9-13-22(14-10-16)18-7-11-20-12-8-18/h3-8,11-12,16H,2,9-10,13-14H2,1H3,(H,21,23). The number of hydrogen-bond donors (Lipinski definition) is 1. The van der Waals surface area contributed by atoms with Crippen LogP contribution in [-0.4, -0.2) is 24.0 Å². The SMILES string of the molecule is CCc1ccc(NC(=O)C2CCN(c3ccncc3)CC2)cc1. The summed E-state index contributed by atoms with van der Waals surface area (Å²) in [6.45, 7) is 3.96. The molecule has 1 aliphatic heterocycles. The van der Waals surface area contributed by atoms with Gasteiger partial charge in [-0.15, -0.1) is 0 Å². The van der Waals surface area contributed by atoms with E-state index in [0.717, 1.165) is 38.0 Å². The zero-order chi connectivity index (χ0) is 16.1. The van der Waals surface area contributed by atoms with Crippen molar-refractivity contribution in [3.8, 4) is 0 Å². The summed E-state index contributed by atoms with van der Waals surface area (Å²) in [5.74, 6) is 0.238. The van der Waals surface area contributed by atoms with Crippen molar-refractivity contribution in [2.24, 2.45) is 5.92 Å². The lowest BCUT2D eigenvalue weighted by Gasteiger charge is -2.32. The minimum atomic E-state index is 0.0962. The summed E-state index contributed by atoms with van der Waals surface area (Å²) in [4.78, 5) is 18.8. The van der Waals surface area contributed by atoms with Crippen LogP contribution in [0.3, 0.4) is 0 Å². The molecule has 4 nitrogen and oxygen atoms in total. The molecule has 1 aromatic heterocycles. The largest absolute Gasteiger partial charge is 0.371 e. The predicted molar refractivity (Wildman–Crippen MR) is 93.6 cm³/mol. The Bertz CT molecular complexity index is 631. The first-order valence-electron chi connectivity index (χ1n) is 8.31. The van der Waals surface area contributed by atoms with Crippen molar-refractivity contribution in [3.05, 3.63) is 54.4 Å². The highest BCUT2D eigenvalue weighted by atomic mass is 16.1. The average molecular weight is 309 g/mol. The van der Waals surface area contributed by atoms with Crippen LogP contribution in [0.5, 0.6) is 0 Å². The number of nitrogens with one attached hydrogen (secondary N) is 1. The summed E-state index contributed by atoms with van der Waals surface area (Å²) < 4.78 is 0. The molecule has 23 heavy (non-hydrogen) atoms. The van der Waals surface area contributed by atoms with E-state index in [1.165, 1.54) is 11.3 Å². The van der Waals surface area contributed by atoms with E-state index in [4.69, 9.17) is 0 Å². The van der Waals surface area contributed by atoms with Crippen molar-refractivity contribution < 1.29 is 4.79 Å². The third kappa shape index (κ3) is 3.89. The van der Waals surface area contributed by atoms with E-state index in [1.807, 2.05) is 36.7 Å². The van der Waals surface area contributed by atoms with Gasteiger partial charge in [-0.25, -0.2) is 0 Å². The van der Waals surface area contributed by atoms with E-state index in [1.54, 1.807) is 0 Å². The lowest BCUT2D eigenvalue weighted by Crippen LogP contribution is -2.38. The lowest BCUT2D eigenvalue weighted by atomic mass is 9.95. The van der Waals surface area contributed by atoms with Crippen molar-refractivity contribution >= 4 is 17.3 Å². The Morgan fingerprint density at radius 1 is 1.13 bits per heavy atom. The van der Waals surface area contributed by atoms with E-state index in [-0.39, 0.29) is 11.8 Å².